The summed E-state index contributed by atoms with van der Waals surface area (Å²) in [6, 6.07) is 12.4. The minimum absolute atomic E-state index is 0.220. The second kappa shape index (κ2) is 15.1. The number of methoxy groups -OCH3 is 2. The molecule has 11 heteroatoms. The van der Waals surface area contributed by atoms with Gasteiger partial charge >= 0.3 is 12.1 Å². The summed E-state index contributed by atoms with van der Waals surface area (Å²) in [7, 11) is 2.75. The number of nitrogens with one attached hydrogen (secondary N) is 1. The third-order valence-electron chi connectivity index (χ3n) is 7.90. The third kappa shape index (κ3) is 9.47. The monoisotopic (exact) mass is 660 g/mol. The highest BCUT2D eigenvalue weighted by Gasteiger charge is 2.26. The molecule has 0 saturated carbocycles. The minimum Gasteiger partial charge on any atom is -0.494 e. The fourth-order valence-electron chi connectivity index (χ4n) is 5.28. The van der Waals surface area contributed by atoms with Crippen LogP contribution < -0.4 is 14.8 Å². The Morgan fingerprint density at radius 2 is 1.67 bits per heavy atom. The number of ether oxygens (including phenoxy) is 4. The number of aromatic nitrogens is 1. The molecule has 11 nitrogen and oxygen atoms in total. The van der Waals surface area contributed by atoms with Gasteiger partial charge in [-0.3, -0.25) is 14.7 Å². The van der Waals surface area contributed by atoms with Crippen molar-refractivity contribution in [1.82, 2.24) is 14.8 Å². The smallest absolute Gasteiger partial charge is 0.410 e. The molecule has 0 spiro atoms. The topological polar surface area (TPSA) is 120 Å². The number of amides is 2. The first-order valence-corrected chi connectivity index (χ1v) is 16.1. The number of carbonyl (C=O) groups is 3. The molecule has 1 saturated heterocycles. The number of nitrogens with zero attached hydrogens (tertiary/aromatic N) is 3. The van der Waals surface area contributed by atoms with Crippen LogP contribution in [0.1, 0.15) is 85.5 Å². The van der Waals surface area contributed by atoms with Gasteiger partial charge in [-0.15, -0.1) is 0 Å². The van der Waals surface area contributed by atoms with Crippen LogP contribution >= 0.6 is 0 Å². The van der Waals surface area contributed by atoms with Crippen LogP contribution in [0.15, 0.2) is 48.7 Å². The number of aryl methyl sites for hydroxylation is 1. The van der Waals surface area contributed by atoms with E-state index in [4.69, 9.17) is 18.9 Å². The van der Waals surface area contributed by atoms with Crippen molar-refractivity contribution in [1.29, 1.82) is 0 Å². The predicted octanol–water partition coefficient (Wildman–Crippen LogP) is 6.97. The second-order valence-corrected chi connectivity index (χ2v) is 14.0. The van der Waals surface area contributed by atoms with Crippen LogP contribution in [0.5, 0.6) is 17.2 Å². The normalized spacial score (nSPS) is 14.1. The van der Waals surface area contributed by atoms with E-state index in [-0.39, 0.29) is 22.8 Å². The number of esters is 1. The van der Waals surface area contributed by atoms with Crippen LogP contribution in [-0.2, 0) is 21.4 Å². The van der Waals surface area contributed by atoms with Gasteiger partial charge in [0.2, 0.25) is 0 Å². The molecule has 48 heavy (non-hydrogen) atoms. The highest BCUT2D eigenvalue weighted by Crippen LogP contribution is 2.36. The van der Waals surface area contributed by atoms with Crippen LogP contribution in [-0.4, -0.2) is 78.8 Å². The highest BCUT2D eigenvalue weighted by molar-refractivity contribution is 6.07. The van der Waals surface area contributed by atoms with E-state index < -0.39 is 17.5 Å². The zero-order valence-electron chi connectivity index (χ0n) is 29.6. The van der Waals surface area contributed by atoms with E-state index in [1.165, 1.54) is 14.2 Å². The number of anilines is 1. The summed E-state index contributed by atoms with van der Waals surface area (Å²) >= 11 is 0. The maximum atomic E-state index is 13.6. The van der Waals surface area contributed by atoms with E-state index in [0.29, 0.717) is 48.9 Å². The summed E-state index contributed by atoms with van der Waals surface area (Å²) in [6.45, 7) is 16.9. The average Bonchev–Trinajstić information content (AvgIpc) is 3.26. The van der Waals surface area contributed by atoms with Crippen LogP contribution in [0.25, 0.3) is 0 Å². The molecule has 2 heterocycles. The Balaban J connectivity index is 1.48. The van der Waals surface area contributed by atoms with Crippen molar-refractivity contribution in [3.05, 3.63) is 76.6 Å². The molecule has 0 aliphatic carbocycles. The van der Waals surface area contributed by atoms with Gasteiger partial charge in [0, 0.05) is 50.6 Å². The van der Waals surface area contributed by atoms with Crippen LogP contribution in [0.4, 0.5) is 10.5 Å². The van der Waals surface area contributed by atoms with Crippen molar-refractivity contribution in [2.24, 2.45) is 0 Å². The van der Waals surface area contributed by atoms with Gasteiger partial charge in [-0.25, -0.2) is 9.59 Å². The fraction of sp³-hybridized carbons (Fsp3) is 0.459. The standard InChI is InChI=1S/C37H48N4O7/c1-24-11-12-25(33(42)39-30-21-26(36(2,3)4)20-29(32(30)45-8)34(43)46-9)19-31(24)47-28-13-14-38-27(22-28)23-40-15-10-16-41(18-17-40)35(44)48-37(5,6)7/h11-14,19-22H,10,15-18,23H2,1-9H3,(H,39,42). The van der Waals surface area contributed by atoms with E-state index in [2.05, 4.69) is 15.2 Å². The average molecular weight is 661 g/mol. The van der Waals surface area contributed by atoms with Gasteiger partial charge in [-0.05, 0) is 81.0 Å². The lowest BCUT2D eigenvalue weighted by atomic mass is 9.85. The number of benzene rings is 2. The van der Waals surface area contributed by atoms with Gasteiger partial charge in [0.15, 0.2) is 5.75 Å². The largest absolute Gasteiger partial charge is 0.494 e. The maximum absolute atomic E-state index is 13.6. The Hall–Kier alpha value is -4.64. The van der Waals surface area contributed by atoms with Crippen molar-refractivity contribution < 1.29 is 33.3 Å². The number of rotatable bonds is 8. The maximum Gasteiger partial charge on any atom is 0.410 e. The lowest BCUT2D eigenvalue weighted by Gasteiger charge is -2.26. The quantitative estimate of drug-likeness (QED) is 0.256. The van der Waals surface area contributed by atoms with E-state index in [1.54, 1.807) is 35.4 Å². The zero-order chi connectivity index (χ0) is 35.2. The summed E-state index contributed by atoms with van der Waals surface area (Å²) in [5.41, 5.74) is 2.63. The summed E-state index contributed by atoms with van der Waals surface area (Å²) in [5.74, 6) is 0.381. The number of hydrogen-bond acceptors (Lipinski definition) is 9. The third-order valence-corrected chi connectivity index (χ3v) is 7.90. The molecule has 2 aromatic carbocycles. The van der Waals surface area contributed by atoms with Crippen LogP contribution in [0.2, 0.25) is 0 Å². The summed E-state index contributed by atoms with van der Waals surface area (Å²) in [4.78, 5) is 47.3. The van der Waals surface area contributed by atoms with Crippen LogP contribution in [0.3, 0.4) is 0 Å². The molecule has 4 rings (SSSR count). The molecular weight excluding hydrogens is 612 g/mol. The van der Waals surface area contributed by atoms with Gasteiger partial charge in [0.1, 0.15) is 22.7 Å². The summed E-state index contributed by atoms with van der Waals surface area (Å²) in [5, 5.41) is 2.93. The fourth-order valence-corrected chi connectivity index (χ4v) is 5.28. The molecule has 258 valence electrons. The van der Waals surface area contributed by atoms with Gasteiger partial charge in [-0.2, -0.15) is 0 Å². The summed E-state index contributed by atoms with van der Waals surface area (Å²) < 4.78 is 22.4. The molecule has 2 amide bonds. The molecule has 0 radical (unpaired) electrons. The molecule has 3 aromatic rings. The molecule has 1 aliphatic heterocycles. The van der Waals surface area contributed by atoms with E-state index in [9.17, 15) is 14.4 Å². The van der Waals surface area contributed by atoms with E-state index >= 15 is 0 Å². The Morgan fingerprint density at radius 1 is 0.917 bits per heavy atom. The molecule has 0 unspecified atom stereocenters. The Morgan fingerprint density at radius 3 is 2.33 bits per heavy atom. The highest BCUT2D eigenvalue weighted by atomic mass is 16.6. The Bertz CT molecular complexity index is 1640. The zero-order valence-corrected chi connectivity index (χ0v) is 29.6. The van der Waals surface area contributed by atoms with E-state index in [0.717, 1.165) is 29.8 Å². The number of hydrogen-bond donors (Lipinski definition) is 1. The molecule has 1 aliphatic rings. The number of pyridine rings is 1. The number of carbonyl (C=O) groups excluding carboxylic acids is 3. The first-order valence-electron chi connectivity index (χ1n) is 16.1. The second-order valence-electron chi connectivity index (χ2n) is 14.0. The Kier molecular flexibility index (Phi) is 11.4. The molecular formula is C37H48N4O7. The van der Waals surface area contributed by atoms with Crippen molar-refractivity contribution in [3.8, 4) is 17.2 Å². The first kappa shape index (κ1) is 36.2. The summed E-state index contributed by atoms with van der Waals surface area (Å²) in [6.07, 6.45) is 2.25. The molecule has 1 fully saturated rings. The predicted molar refractivity (Wildman–Crippen MR) is 184 cm³/mol. The van der Waals surface area contributed by atoms with Crippen molar-refractivity contribution >= 4 is 23.7 Å². The first-order chi connectivity index (χ1) is 22.6. The van der Waals surface area contributed by atoms with Gasteiger partial charge in [-0.1, -0.05) is 26.8 Å². The van der Waals surface area contributed by atoms with E-state index in [1.807, 2.05) is 66.7 Å². The molecule has 1 N–H and O–H groups in total. The molecule has 0 bridgehead atoms. The lowest BCUT2D eigenvalue weighted by molar-refractivity contribution is 0.0257. The minimum atomic E-state index is -0.560. The van der Waals surface area contributed by atoms with Crippen molar-refractivity contribution in [2.75, 3.05) is 45.7 Å². The van der Waals surface area contributed by atoms with Gasteiger partial charge < -0.3 is 29.2 Å². The Labute approximate surface area is 283 Å². The van der Waals surface area contributed by atoms with Crippen LogP contribution in [0, 0.1) is 6.92 Å². The van der Waals surface area contributed by atoms with Crippen molar-refractivity contribution in [3.63, 3.8) is 0 Å². The van der Waals surface area contributed by atoms with Gasteiger partial charge in [0.05, 0.1) is 25.6 Å². The molecule has 0 atom stereocenters. The lowest BCUT2D eigenvalue weighted by Crippen LogP contribution is -2.39. The molecule has 1 aromatic heterocycles. The SMILES string of the molecule is COC(=O)c1cc(C(C)(C)C)cc(NC(=O)c2ccc(C)c(Oc3ccnc(CN4CCCN(C(=O)OC(C)(C)C)CC4)c3)c2)c1OC. The van der Waals surface area contributed by atoms with Gasteiger partial charge in [0.25, 0.3) is 5.91 Å². The van der Waals surface area contributed by atoms with Crippen molar-refractivity contribution in [2.45, 2.75) is 72.4 Å².